The number of rotatable bonds is 5. The van der Waals surface area contributed by atoms with Crippen molar-refractivity contribution in [2.75, 3.05) is 7.11 Å². The fraction of sp³-hybridized carbons (Fsp3) is 0.625. The SMILES string of the molecule is COC(C(O)Cc1ccc(F)c(Cl)c1)C1CCCCC1. The van der Waals surface area contributed by atoms with Gasteiger partial charge >= 0.3 is 0 Å². The molecule has 1 aromatic rings. The minimum absolute atomic E-state index is 0.0985. The molecule has 112 valence electrons. The molecule has 0 heterocycles. The van der Waals surface area contributed by atoms with Gasteiger partial charge in [0.2, 0.25) is 0 Å². The van der Waals surface area contributed by atoms with Crippen molar-refractivity contribution in [2.45, 2.75) is 50.7 Å². The molecular formula is C16H22ClFO2. The molecule has 1 fully saturated rings. The molecule has 2 atom stereocenters. The van der Waals surface area contributed by atoms with E-state index < -0.39 is 11.9 Å². The maximum Gasteiger partial charge on any atom is 0.141 e. The van der Waals surface area contributed by atoms with Crippen LogP contribution in [0.4, 0.5) is 4.39 Å². The van der Waals surface area contributed by atoms with Crippen LogP contribution in [0.5, 0.6) is 0 Å². The van der Waals surface area contributed by atoms with Gasteiger partial charge in [-0.05, 0) is 36.5 Å². The van der Waals surface area contributed by atoms with Crippen LogP contribution in [0, 0.1) is 11.7 Å². The lowest BCUT2D eigenvalue weighted by atomic mass is 9.82. The fourth-order valence-corrected chi connectivity index (χ4v) is 3.35. The molecule has 0 aromatic heterocycles. The van der Waals surface area contributed by atoms with Crippen LogP contribution < -0.4 is 0 Å². The van der Waals surface area contributed by atoms with Crippen LogP contribution >= 0.6 is 11.6 Å². The highest BCUT2D eigenvalue weighted by Crippen LogP contribution is 2.30. The lowest BCUT2D eigenvalue weighted by Crippen LogP contribution is -2.37. The second kappa shape index (κ2) is 7.39. The van der Waals surface area contributed by atoms with Gasteiger partial charge in [-0.3, -0.25) is 0 Å². The number of aliphatic hydroxyl groups is 1. The Morgan fingerprint density at radius 3 is 2.65 bits per heavy atom. The Morgan fingerprint density at radius 2 is 2.05 bits per heavy atom. The summed E-state index contributed by atoms with van der Waals surface area (Å²) in [4.78, 5) is 0. The number of aliphatic hydroxyl groups excluding tert-OH is 1. The molecule has 0 aliphatic heterocycles. The summed E-state index contributed by atoms with van der Waals surface area (Å²) in [6, 6.07) is 4.58. The zero-order valence-corrected chi connectivity index (χ0v) is 12.6. The van der Waals surface area contributed by atoms with Gasteiger partial charge in [-0.25, -0.2) is 4.39 Å². The third-order valence-electron chi connectivity index (χ3n) is 4.19. The summed E-state index contributed by atoms with van der Waals surface area (Å²) in [5.74, 6) is -0.0138. The minimum Gasteiger partial charge on any atom is -0.390 e. The van der Waals surface area contributed by atoms with Crippen molar-refractivity contribution in [3.8, 4) is 0 Å². The molecular weight excluding hydrogens is 279 g/mol. The number of hydrogen-bond acceptors (Lipinski definition) is 2. The molecule has 2 unspecified atom stereocenters. The Balaban J connectivity index is 2.00. The zero-order valence-electron chi connectivity index (χ0n) is 11.8. The van der Waals surface area contributed by atoms with E-state index in [0.29, 0.717) is 12.3 Å². The molecule has 20 heavy (non-hydrogen) atoms. The van der Waals surface area contributed by atoms with Gasteiger partial charge in [-0.2, -0.15) is 0 Å². The average molecular weight is 301 g/mol. The van der Waals surface area contributed by atoms with E-state index in [0.717, 1.165) is 18.4 Å². The molecule has 4 heteroatoms. The van der Waals surface area contributed by atoms with Crippen molar-refractivity contribution in [1.82, 2.24) is 0 Å². The van der Waals surface area contributed by atoms with Crippen LogP contribution in [0.1, 0.15) is 37.7 Å². The lowest BCUT2D eigenvalue weighted by Gasteiger charge is -2.32. The highest BCUT2D eigenvalue weighted by Gasteiger charge is 2.29. The van der Waals surface area contributed by atoms with Crippen LogP contribution in [0.25, 0.3) is 0 Å². The third-order valence-corrected chi connectivity index (χ3v) is 4.48. The van der Waals surface area contributed by atoms with E-state index in [1.54, 1.807) is 19.2 Å². The normalized spacial score (nSPS) is 19.8. The summed E-state index contributed by atoms with van der Waals surface area (Å²) in [5, 5.41) is 10.5. The number of benzene rings is 1. The van der Waals surface area contributed by atoms with Crippen LogP contribution in [-0.4, -0.2) is 24.4 Å². The van der Waals surface area contributed by atoms with E-state index in [2.05, 4.69) is 0 Å². The molecule has 1 N–H and O–H groups in total. The molecule has 0 amide bonds. The first-order chi connectivity index (χ1) is 9.61. The molecule has 0 bridgehead atoms. The molecule has 1 aliphatic rings. The Kier molecular flexibility index (Phi) is 5.82. The average Bonchev–Trinajstić information content (AvgIpc) is 2.45. The second-order valence-corrected chi connectivity index (χ2v) is 6.03. The second-order valence-electron chi connectivity index (χ2n) is 5.62. The van der Waals surface area contributed by atoms with Gasteiger partial charge in [0, 0.05) is 13.5 Å². The Labute approximate surface area is 124 Å². The largest absolute Gasteiger partial charge is 0.390 e. The molecule has 1 saturated carbocycles. The van der Waals surface area contributed by atoms with Crippen LogP contribution in [-0.2, 0) is 11.2 Å². The lowest BCUT2D eigenvalue weighted by molar-refractivity contribution is -0.0535. The van der Waals surface area contributed by atoms with E-state index in [1.807, 2.05) is 0 Å². The van der Waals surface area contributed by atoms with Gasteiger partial charge in [0.05, 0.1) is 17.2 Å². The molecule has 0 saturated heterocycles. The van der Waals surface area contributed by atoms with Crippen LogP contribution in [0.3, 0.4) is 0 Å². The highest BCUT2D eigenvalue weighted by molar-refractivity contribution is 6.30. The maximum atomic E-state index is 13.1. The Bertz CT molecular complexity index is 432. The van der Waals surface area contributed by atoms with E-state index in [4.69, 9.17) is 16.3 Å². The van der Waals surface area contributed by atoms with E-state index in [1.165, 1.54) is 25.3 Å². The molecule has 0 radical (unpaired) electrons. The number of ether oxygens (including phenoxy) is 1. The fourth-order valence-electron chi connectivity index (χ4n) is 3.15. The first-order valence-electron chi connectivity index (χ1n) is 7.26. The molecule has 0 spiro atoms. The van der Waals surface area contributed by atoms with Crippen molar-refractivity contribution in [2.24, 2.45) is 5.92 Å². The van der Waals surface area contributed by atoms with Crippen molar-refractivity contribution in [3.05, 3.63) is 34.6 Å². The van der Waals surface area contributed by atoms with Gasteiger partial charge < -0.3 is 9.84 Å². The Hall–Kier alpha value is -0.640. The predicted octanol–water partition coefficient (Wildman–Crippen LogP) is 3.98. The molecule has 2 rings (SSSR count). The quantitative estimate of drug-likeness (QED) is 0.891. The van der Waals surface area contributed by atoms with Gasteiger partial charge in [0.1, 0.15) is 5.82 Å². The topological polar surface area (TPSA) is 29.5 Å². The van der Waals surface area contributed by atoms with E-state index in [9.17, 15) is 9.50 Å². The summed E-state index contributed by atoms with van der Waals surface area (Å²) >= 11 is 5.77. The van der Waals surface area contributed by atoms with E-state index in [-0.39, 0.29) is 11.1 Å². The van der Waals surface area contributed by atoms with Crippen LogP contribution in [0.2, 0.25) is 5.02 Å². The monoisotopic (exact) mass is 300 g/mol. The summed E-state index contributed by atoms with van der Waals surface area (Å²) in [6.45, 7) is 0. The predicted molar refractivity (Wildman–Crippen MR) is 78.5 cm³/mol. The summed E-state index contributed by atoms with van der Waals surface area (Å²) < 4.78 is 18.7. The first-order valence-corrected chi connectivity index (χ1v) is 7.64. The smallest absolute Gasteiger partial charge is 0.141 e. The molecule has 1 aliphatic carbocycles. The van der Waals surface area contributed by atoms with Crippen molar-refractivity contribution < 1.29 is 14.2 Å². The zero-order chi connectivity index (χ0) is 14.5. The summed E-state index contributed by atoms with van der Waals surface area (Å²) in [7, 11) is 1.65. The van der Waals surface area contributed by atoms with Crippen molar-refractivity contribution in [1.29, 1.82) is 0 Å². The van der Waals surface area contributed by atoms with Crippen molar-refractivity contribution >= 4 is 11.6 Å². The van der Waals surface area contributed by atoms with Crippen LogP contribution in [0.15, 0.2) is 18.2 Å². The van der Waals surface area contributed by atoms with Crippen molar-refractivity contribution in [3.63, 3.8) is 0 Å². The Morgan fingerprint density at radius 1 is 1.35 bits per heavy atom. The minimum atomic E-state index is -0.579. The third kappa shape index (κ3) is 3.94. The maximum absolute atomic E-state index is 13.1. The number of hydrogen-bond donors (Lipinski definition) is 1. The number of methoxy groups -OCH3 is 1. The van der Waals surface area contributed by atoms with Gasteiger partial charge in [-0.15, -0.1) is 0 Å². The standard InChI is InChI=1S/C16H22ClFO2/c1-20-16(12-5-3-2-4-6-12)15(19)10-11-7-8-14(18)13(17)9-11/h7-9,12,15-16,19H,2-6,10H2,1H3. The molecule has 1 aromatic carbocycles. The van der Waals surface area contributed by atoms with Gasteiger partial charge in [0.15, 0.2) is 0 Å². The summed E-state index contributed by atoms with van der Waals surface area (Å²) in [5.41, 5.74) is 0.835. The van der Waals surface area contributed by atoms with Gasteiger partial charge in [-0.1, -0.05) is 36.9 Å². The number of halogens is 2. The van der Waals surface area contributed by atoms with Gasteiger partial charge in [0.25, 0.3) is 0 Å². The van der Waals surface area contributed by atoms with E-state index >= 15 is 0 Å². The highest BCUT2D eigenvalue weighted by atomic mass is 35.5. The first kappa shape index (κ1) is 15.7. The molecule has 2 nitrogen and oxygen atoms in total. The summed E-state index contributed by atoms with van der Waals surface area (Å²) in [6.07, 6.45) is 5.62.